The van der Waals surface area contributed by atoms with Crippen LogP contribution in [0, 0.1) is 18.3 Å². The molecule has 3 atom stereocenters. The van der Waals surface area contributed by atoms with E-state index in [4.69, 9.17) is 10.4 Å². The molecule has 1 aliphatic heterocycles. The smallest absolute Gasteiger partial charge is 0.252 e. The van der Waals surface area contributed by atoms with Crippen LogP contribution in [0.25, 0.3) is 16.7 Å². The summed E-state index contributed by atoms with van der Waals surface area (Å²) in [6.07, 6.45) is 7.78. The van der Waals surface area contributed by atoms with Crippen molar-refractivity contribution in [3.8, 4) is 6.07 Å². The lowest BCUT2D eigenvalue weighted by Gasteiger charge is -2.49. The molecule has 0 N–H and O–H groups in total. The van der Waals surface area contributed by atoms with Gasteiger partial charge in [-0.3, -0.25) is 14.4 Å². The maximum Gasteiger partial charge on any atom is 0.252 e. The summed E-state index contributed by atoms with van der Waals surface area (Å²) in [7, 11) is 1.76. The molecule has 4 aromatic rings. The minimum absolute atomic E-state index is 0.0593. The molecule has 0 saturated carbocycles. The molecule has 0 aliphatic carbocycles. The van der Waals surface area contributed by atoms with Gasteiger partial charge < -0.3 is 13.9 Å². The minimum atomic E-state index is -0.0593. The second-order valence-corrected chi connectivity index (χ2v) is 9.88. The Morgan fingerprint density at radius 2 is 1.97 bits per heavy atom. The fourth-order valence-corrected chi connectivity index (χ4v) is 5.64. The van der Waals surface area contributed by atoms with Gasteiger partial charge in [0.2, 0.25) is 0 Å². The van der Waals surface area contributed by atoms with Crippen molar-refractivity contribution < 1.29 is 0 Å². The second kappa shape index (κ2) is 9.43. The minimum Gasteiger partial charge on any atom is -0.364 e. The van der Waals surface area contributed by atoms with E-state index in [9.17, 15) is 4.79 Å². The summed E-state index contributed by atoms with van der Waals surface area (Å²) in [5, 5.41) is 13.9. The summed E-state index contributed by atoms with van der Waals surface area (Å²) in [5.74, 6) is 0. The van der Waals surface area contributed by atoms with E-state index < -0.39 is 0 Å². The largest absolute Gasteiger partial charge is 0.364 e. The normalized spacial score (nSPS) is 19.7. The van der Waals surface area contributed by atoms with E-state index in [1.165, 1.54) is 5.56 Å². The van der Waals surface area contributed by atoms with Crippen LogP contribution in [0.15, 0.2) is 41.6 Å². The molecule has 1 saturated heterocycles. The van der Waals surface area contributed by atoms with Crippen molar-refractivity contribution in [2.24, 2.45) is 7.05 Å². The molecule has 1 fully saturated rings. The Balaban J connectivity index is 1.50. The molecule has 0 unspecified atom stereocenters. The van der Waals surface area contributed by atoms with Crippen molar-refractivity contribution in [1.29, 1.82) is 5.26 Å². The van der Waals surface area contributed by atoms with E-state index in [1.807, 2.05) is 6.20 Å². The highest BCUT2D eigenvalue weighted by atomic mass is 16.1. The maximum atomic E-state index is 12.9. The first-order valence-corrected chi connectivity index (χ1v) is 12.8. The van der Waals surface area contributed by atoms with Crippen LogP contribution >= 0.6 is 0 Å². The number of rotatable bonds is 6. The summed E-state index contributed by atoms with van der Waals surface area (Å²) < 4.78 is 5.36. The molecule has 4 aromatic heterocycles. The maximum absolute atomic E-state index is 12.9. The van der Waals surface area contributed by atoms with E-state index >= 15 is 0 Å². The van der Waals surface area contributed by atoms with Gasteiger partial charge in [0, 0.05) is 62.4 Å². The molecule has 36 heavy (non-hydrogen) atoms. The Morgan fingerprint density at radius 1 is 1.19 bits per heavy atom. The summed E-state index contributed by atoms with van der Waals surface area (Å²) >= 11 is 0. The topological polar surface area (TPSA) is 87.4 Å². The first-order chi connectivity index (χ1) is 17.4. The van der Waals surface area contributed by atoms with Crippen LogP contribution in [0.2, 0.25) is 0 Å². The SMILES string of the molecule is CC[C@H]1CN([C@H](C)c2ccn3c(C)cnc3c2)[C@H](CC)CN1c1cc(=O)n(C)c2cn(CC#N)nc12. The van der Waals surface area contributed by atoms with Gasteiger partial charge in [-0.1, -0.05) is 13.8 Å². The molecule has 5 heterocycles. The molecule has 9 heteroatoms. The Hall–Kier alpha value is -3.64. The van der Waals surface area contributed by atoms with Crippen LogP contribution in [0.4, 0.5) is 5.69 Å². The molecule has 0 aromatic carbocycles. The predicted octanol–water partition coefficient (Wildman–Crippen LogP) is 3.66. The zero-order valence-electron chi connectivity index (χ0n) is 21.7. The van der Waals surface area contributed by atoms with Gasteiger partial charge in [0.25, 0.3) is 5.56 Å². The van der Waals surface area contributed by atoms with Crippen LogP contribution in [-0.2, 0) is 13.6 Å². The number of fused-ring (bicyclic) bond motifs is 2. The van der Waals surface area contributed by atoms with E-state index in [0.717, 1.165) is 54.0 Å². The third-order valence-corrected chi connectivity index (χ3v) is 7.86. The van der Waals surface area contributed by atoms with Crippen LogP contribution in [0.5, 0.6) is 0 Å². The Morgan fingerprint density at radius 3 is 2.69 bits per heavy atom. The van der Waals surface area contributed by atoms with Crippen LogP contribution in [0.3, 0.4) is 0 Å². The predicted molar refractivity (Wildman–Crippen MR) is 141 cm³/mol. The lowest BCUT2D eigenvalue weighted by atomic mass is 9.97. The quantitative estimate of drug-likeness (QED) is 0.413. The number of imidazole rings is 1. The number of hydrogen-bond donors (Lipinski definition) is 0. The van der Waals surface area contributed by atoms with Crippen molar-refractivity contribution in [2.45, 2.75) is 65.2 Å². The van der Waals surface area contributed by atoms with Crippen molar-refractivity contribution >= 4 is 22.4 Å². The van der Waals surface area contributed by atoms with E-state index in [1.54, 1.807) is 28.6 Å². The van der Waals surface area contributed by atoms with Gasteiger partial charge >= 0.3 is 0 Å². The molecule has 9 nitrogen and oxygen atoms in total. The molecule has 0 bridgehead atoms. The summed E-state index contributed by atoms with van der Waals surface area (Å²) in [6, 6.07) is 9.07. The summed E-state index contributed by atoms with van der Waals surface area (Å²) in [6.45, 7) is 10.7. The highest BCUT2D eigenvalue weighted by Crippen LogP contribution is 2.34. The highest BCUT2D eigenvalue weighted by molar-refractivity contribution is 5.88. The molecular formula is C27H34N8O. The van der Waals surface area contributed by atoms with Crippen molar-refractivity contribution in [2.75, 3.05) is 18.0 Å². The van der Waals surface area contributed by atoms with Gasteiger partial charge in [-0.15, -0.1) is 0 Å². The molecule has 188 valence electrons. The third kappa shape index (κ3) is 3.95. The van der Waals surface area contributed by atoms with Gasteiger partial charge in [0.1, 0.15) is 17.7 Å². The van der Waals surface area contributed by atoms with Gasteiger partial charge in [0.15, 0.2) is 0 Å². The molecule has 5 rings (SSSR count). The summed E-state index contributed by atoms with van der Waals surface area (Å²) in [4.78, 5) is 22.4. The van der Waals surface area contributed by atoms with E-state index in [2.05, 4.69) is 71.3 Å². The fourth-order valence-electron chi connectivity index (χ4n) is 5.64. The number of pyridine rings is 2. The number of anilines is 1. The van der Waals surface area contributed by atoms with Gasteiger partial charge in [0.05, 0.1) is 23.5 Å². The number of nitriles is 1. The van der Waals surface area contributed by atoms with Gasteiger partial charge in [-0.2, -0.15) is 10.4 Å². The Bertz CT molecular complexity index is 1510. The second-order valence-electron chi connectivity index (χ2n) is 9.88. The fraction of sp³-hybridized carbons (Fsp3) is 0.481. The van der Waals surface area contributed by atoms with Crippen molar-refractivity contribution in [1.82, 2.24) is 28.6 Å². The highest BCUT2D eigenvalue weighted by Gasteiger charge is 2.36. The monoisotopic (exact) mass is 486 g/mol. The van der Waals surface area contributed by atoms with E-state index in [0.29, 0.717) is 6.04 Å². The molecule has 0 amide bonds. The number of hydrogen-bond acceptors (Lipinski definition) is 6. The third-order valence-electron chi connectivity index (χ3n) is 7.86. The molecule has 1 aliphatic rings. The number of aryl methyl sites for hydroxylation is 2. The Labute approximate surface area is 211 Å². The van der Waals surface area contributed by atoms with Gasteiger partial charge in [-0.05, 0) is 44.4 Å². The van der Waals surface area contributed by atoms with Crippen LogP contribution in [-0.4, -0.2) is 53.8 Å². The number of nitrogens with zero attached hydrogens (tertiary/aromatic N) is 8. The number of piperazine rings is 1. The van der Waals surface area contributed by atoms with Crippen molar-refractivity contribution in [3.63, 3.8) is 0 Å². The van der Waals surface area contributed by atoms with Crippen molar-refractivity contribution in [3.05, 3.63) is 58.4 Å². The average Bonchev–Trinajstić information content (AvgIpc) is 3.48. The van der Waals surface area contributed by atoms with Crippen LogP contribution < -0.4 is 10.5 Å². The molecule has 0 radical (unpaired) electrons. The molecule has 0 spiro atoms. The Kier molecular flexibility index (Phi) is 6.31. The number of aromatic nitrogens is 5. The van der Waals surface area contributed by atoms with Gasteiger partial charge in [-0.25, -0.2) is 4.98 Å². The zero-order chi connectivity index (χ0) is 25.6. The lowest BCUT2D eigenvalue weighted by Crippen LogP contribution is -2.58. The zero-order valence-corrected chi connectivity index (χ0v) is 21.7. The summed E-state index contributed by atoms with van der Waals surface area (Å²) in [5.41, 5.74) is 5.73. The van der Waals surface area contributed by atoms with E-state index in [-0.39, 0.29) is 24.2 Å². The standard InChI is InChI=1S/C27H34N8O/c1-6-21-16-35(23-13-26(36)31(5)24-17-32(11-9-28)30-27(23)24)22(7-2)15-34(21)19(4)20-8-10-33-18(3)14-29-25(33)12-20/h8,10,12-14,17,19,21-22H,6-7,11,15-16H2,1-5H3/t19-,21-,22+/m1/s1. The first-order valence-electron chi connectivity index (χ1n) is 12.8. The average molecular weight is 487 g/mol. The molecular weight excluding hydrogens is 452 g/mol. The first kappa shape index (κ1) is 24.1. The van der Waals surface area contributed by atoms with Crippen LogP contribution in [0.1, 0.15) is 50.9 Å². The lowest BCUT2D eigenvalue weighted by molar-refractivity contribution is 0.101.